The van der Waals surface area contributed by atoms with Gasteiger partial charge in [-0.25, -0.2) is 8.42 Å². The molecule has 0 aliphatic heterocycles. The molecule has 10 heteroatoms. The van der Waals surface area contributed by atoms with E-state index in [0.717, 1.165) is 4.31 Å². The minimum Gasteiger partial charge on any atom is -0.459 e. The third-order valence-corrected chi connectivity index (χ3v) is 6.38. The maximum atomic E-state index is 13.5. The molecule has 0 bridgehead atoms. The standard InChI is InChI=1S/C21H19Cl2N3O4S/c1-21(2,3)30-20(27)12-26(31(28,29)17-7-14(22)6-15(23)8-17)16-4-5-19-18(9-16)13(10-24)11-25-19/h4-9,11,25H,12H2,1-3H3. The predicted molar refractivity (Wildman–Crippen MR) is 120 cm³/mol. The summed E-state index contributed by atoms with van der Waals surface area (Å²) >= 11 is 12.0. The zero-order valence-corrected chi connectivity index (χ0v) is 19.3. The molecule has 0 saturated heterocycles. The number of fused-ring (bicyclic) bond motifs is 1. The van der Waals surface area contributed by atoms with Crippen LogP contribution in [0.15, 0.2) is 47.5 Å². The second-order valence-electron chi connectivity index (χ2n) is 7.75. The van der Waals surface area contributed by atoms with E-state index in [2.05, 4.69) is 4.98 Å². The summed E-state index contributed by atoms with van der Waals surface area (Å²) in [6, 6.07) is 10.7. The number of benzene rings is 2. The Bertz CT molecular complexity index is 1280. The summed E-state index contributed by atoms with van der Waals surface area (Å²) in [5, 5.41) is 10.1. The molecule has 0 radical (unpaired) electrons. The van der Waals surface area contributed by atoms with Gasteiger partial charge in [-0.1, -0.05) is 23.2 Å². The van der Waals surface area contributed by atoms with Gasteiger partial charge in [0.05, 0.1) is 16.1 Å². The summed E-state index contributed by atoms with van der Waals surface area (Å²) in [4.78, 5) is 15.3. The van der Waals surface area contributed by atoms with Crippen LogP contribution in [0, 0.1) is 11.3 Å². The van der Waals surface area contributed by atoms with Crippen molar-refractivity contribution in [3.63, 3.8) is 0 Å². The summed E-state index contributed by atoms with van der Waals surface area (Å²) in [6.45, 7) is 4.48. The number of hydrogen-bond acceptors (Lipinski definition) is 5. The zero-order chi connectivity index (χ0) is 23.0. The molecule has 3 aromatic rings. The number of esters is 1. The Labute approximate surface area is 190 Å². The maximum Gasteiger partial charge on any atom is 0.327 e. The smallest absolute Gasteiger partial charge is 0.327 e. The van der Waals surface area contributed by atoms with E-state index >= 15 is 0 Å². The lowest BCUT2D eigenvalue weighted by atomic mass is 10.1. The first-order valence-electron chi connectivity index (χ1n) is 9.12. The molecule has 31 heavy (non-hydrogen) atoms. The van der Waals surface area contributed by atoms with Crippen molar-refractivity contribution in [3.8, 4) is 6.07 Å². The van der Waals surface area contributed by atoms with Crippen LogP contribution in [-0.2, 0) is 19.6 Å². The molecular formula is C21H19Cl2N3O4S. The Balaban J connectivity index is 2.15. The number of nitrogens with zero attached hydrogens (tertiary/aromatic N) is 2. The monoisotopic (exact) mass is 479 g/mol. The molecule has 0 saturated carbocycles. The van der Waals surface area contributed by atoms with Crippen LogP contribution in [0.25, 0.3) is 10.9 Å². The number of aromatic nitrogens is 1. The quantitative estimate of drug-likeness (QED) is 0.524. The first kappa shape index (κ1) is 22.9. The molecule has 3 rings (SSSR count). The van der Waals surface area contributed by atoms with Gasteiger partial charge in [0.25, 0.3) is 10.0 Å². The average Bonchev–Trinajstić information content (AvgIpc) is 3.06. The summed E-state index contributed by atoms with van der Waals surface area (Å²) in [6.07, 6.45) is 1.53. The molecular weight excluding hydrogens is 461 g/mol. The molecule has 0 unspecified atom stereocenters. The van der Waals surface area contributed by atoms with Crippen molar-refractivity contribution in [3.05, 3.63) is 58.2 Å². The average molecular weight is 480 g/mol. The minimum atomic E-state index is -4.25. The van der Waals surface area contributed by atoms with E-state index in [0.29, 0.717) is 16.5 Å². The fourth-order valence-corrected chi connectivity index (χ4v) is 5.10. The first-order valence-corrected chi connectivity index (χ1v) is 11.3. The fourth-order valence-electron chi connectivity index (χ4n) is 2.97. The predicted octanol–water partition coefficient (Wildman–Crippen LogP) is 4.88. The Morgan fingerprint density at radius 1 is 1.16 bits per heavy atom. The van der Waals surface area contributed by atoms with E-state index in [1.165, 1.54) is 36.5 Å². The highest BCUT2D eigenvalue weighted by molar-refractivity contribution is 7.92. The highest BCUT2D eigenvalue weighted by Gasteiger charge is 2.30. The molecule has 0 atom stereocenters. The van der Waals surface area contributed by atoms with E-state index in [9.17, 15) is 18.5 Å². The van der Waals surface area contributed by atoms with Gasteiger partial charge in [-0.15, -0.1) is 0 Å². The second-order valence-corrected chi connectivity index (χ2v) is 10.5. The minimum absolute atomic E-state index is 0.135. The topological polar surface area (TPSA) is 103 Å². The molecule has 0 aliphatic rings. The van der Waals surface area contributed by atoms with Crippen molar-refractivity contribution >= 4 is 55.8 Å². The van der Waals surface area contributed by atoms with Gasteiger partial charge in [0.2, 0.25) is 0 Å². The number of ether oxygens (including phenoxy) is 1. The van der Waals surface area contributed by atoms with Gasteiger partial charge in [0.15, 0.2) is 0 Å². The number of hydrogen-bond donors (Lipinski definition) is 1. The second kappa shape index (κ2) is 8.42. The van der Waals surface area contributed by atoms with E-state index in [4.69, 9.17) is 27.9 Å². The van der Waals surface area contributed by atoms with E-state index in [1.54, 1.807) is 26.8 Å². The van der Waals surface area contributed by atoms with Crippen LogP contribution in [0.4, 0.5) is 5.69 Å². The van der Waals surface area contributed by atoms with E-state index < -0.39 is 28.1 Å². The van der Waals surface area contributed by atoms with Gasteiger partial charge in [-0.3, -0.25) is 9.10 Å². The summed E-state index contributed by atoms with van der Waals surface area (Å²) in [5.74, 6) is -0.737. The van der Waals surface area contributed by atoms with Crippen molar-refractivity contribution in [2.24, 2.45) is 0 Å². The Hall–Kier alpha value is -2.73. The molecule has 1 N–H and O–H groups in total. The van der Waals surface area contributed by atoms with Crippen LogP contribution in [0.1, 0.15) is 26.3 Å². The lowest BCUT2D eigenvalue weighted by Gasteiger charge is -2.26. The van der Waals surface area contributed by atoms with Crippen LogP contribution in [0.2, 0.25) is 10.0 Å². The summed E-state index contributed by atoms with van der Waals surface area (Å²) in [7, 11) is -4.25. The van der Waals surface area contributed by atoms with Gasteiger partial charge < -0.3 is 9.72 Å². The molecule has 0 spiro atoms. The first-order chi connectivity index (χ1) is 14.4. The number of rotatable bonds is 5. The van der Waals surface area contributed by atoms with Crippen molar-refractivity contribution in [1.29, 1.82) is 5.26 Å². The Kier molecular flexibility index (Phi) is 6.23. The lowest BCUT2D eigenvalue weighted by molar-refractivity contribution is -0.152. The summed E-state index contributed by atoms with van der Waals surface area (Å²) < 4.78 is 33.2. The van der Waals surface area contributed by atoms with Crippen LogP contribution in [-0.4, -0.2) is 31.5 Å². The van der Waals surface area contributed by atoms with Crippen LogP contribution in [0.5, 0.6) is 0 Å². The summed E-state index contributed by atoms with van der Waals surface area (Å²) in [5.41, 5.74) is 0.383. The Morgan fingerprint density at radius 2 is 1.81 bits per heavy atom. The number of H-pyrrole nitrogens is 1. The zero-order valence-electron chi connectivity index (χ0n) is 16.9. The Morgan fingerprint density at radius 3 is 2.39 bits per heavy atom. The van der Waals surface area contributed by atoms with Gasteiger partial charge in [-0.2, -0.15) is 5.26 Å². The number of anilines is 1. The number of carbonyl (C=O) groups excluding carboxylic acids is 1. The number of sulfonamides is 1. The number of nitriles is 1. The number of halogens is 2. The highest BCUT2D eigenvalue weighted by atomic mass is 35.5. The van der Waals surface area contributed by atoms with Gasteiger partial charge in [0.1, 0.15) is 18.2 Å². The van der Waals surface area contributed by atoms with Crippen molar-refractivity contribution in [2.45, 2.75) is 31.3 Å². The molecule has 2 aromatic carbocycles. The fraction of sp³-hybridized carbons (Fsp3) is 0.238. The molecule has 0 aliphatic carbocycles. The van der Waals surface area contributed by atoms with Crippen molar-refractivity contribution < 1.29 is 17.9 Å². The molecule has 0 amide bonds. The number of nitrogens with one attached hydrogen (secondary N) is 1. The molecule has 0 fully saturated rings. The normalized spacial score (nSPS) is 11.9. The van der Waals surface area contributed by atoms with E-state index in [1.807, 2.05) is 6.07 Å². The van der Waals surface area contributed by atoms with Crippen molar-refractivity contribution in [2.75, 3.05) is 10.8 Å². The SMILES string of the molecule is CC(C)(C)OC(=O)CN(c1ccc2[nH]cc(C#N)c2c1)S(=O)(=O)c1cc(Cl)cc(Cl)c1. The van der Waals surface area contributed by atoms with Crippen LogP contribution in [0.3, 0.4) is 0 Å². The van der Waals surface area contributed by atoms with Crippen LogP contribution >= 0.6 is 23.2 Å². The largest absolute Gasteiger partial charge is 0.459 e. The molecule has 7 nitrogen and oxygen atoms in total. The number of carbonyl (C=O) groups is 1. The molecule has 1 heterocycles. The molecule has 162 valence electrons. The van der Waals surface area contributed by atoms with Gasteiger partial charge in [0, 0.05) is 27.1 Å². The van der Waals surface area contributed by atoms with Gasteiger partial charge >= 0.3 is 5.97 Å². The highest BCUT2D eigenvalue weighted by Crippen LogP contribution is 2.31. The van der Waals surface area contributed by atoms with Crippen LogP contribution < -0.4 is 4.31 Å². The number of aromatic amines is 1. The van der Waals surface area contributed by atoms with E-state index in [-0.39, 0.29) is 20.6 Å². The van der Waals surface area contributed by atoms with Gasteiger partial charge in [-0.05, 0) is 57.2 Å². The third-order valence-electron chi connectivity index (χ3n) is 4.19. The lowest BCUT2D eigenvalue weighted by Crippen LogP contribution is -2.39. The third kappa shape index (κ3) is 5.13. The van der Waals surface area contributed by atoms with Crippen molar-refractivity contribution in [1.82, 2.24) is 4.98 Å². The maximum absolute atomic E-state index is 13.5. The molecule has 1 aromatic heterocycles.